The third kappa shape index (κ3) is 3.38. The Bertz CT molecular complexity index is 620. The van der Waals surface area contributed by atoms with Gasteiger partial charge in [0.15, 0.2) is 9.84 Å². The van der Waals surface area contributed by atoms with Crippen LogP contribution >= 0.6 is 23.2 Å². The molecule has 0 aromatic heterocycles. The molecule has 104 valence electrons. The maximum absolute atomic E-state index is 13.5. The molecule has 1 aliphatic rings. The maximum Gasteiger partial charge on any atom is 0.254 e. The lowest BCUT2D eigenvalue weighted by molar-refractivity contribution is 0.0937. The summed E-state index contributed by atoms with van der Waals surface area (Å²) in [7, 11) is -3.26. The predicted octanol–water partition coefficient (Wildman–Crippen LogP) is 1.61. The minimum absolute atomic E-state index is 0.197. The van der Waals surface area contributed by atoms with Gasteiger partial charge in [-0.3, -0.25) is 4.79 Å². The first-order valence-corrected chi connectivity index (χ1v) is 8.02. The summed E-state index contributed by atoms with van der Waals surface area (Å²) in [6, 6.07) is 2.84. The van der Waals surface area contributed by atoms with Crippen molar-refractivity contribution in [2.24, 2.45) is 0 Å². The quantitative estimate of drug-likeness (QED) is 0.840. The molecular weight excluding hydrogens is 316 g/mol. The molecule has 8 heteroatoms. The van der Waals surface area contributed by atoms with E-state index in [9.17, 15) is 17.6 Å². The van der Waals surface area contributed by atoms with E-state index in [4.69, 9.17) is 23.2 Å². The van der Waals surface area contributed by atoms with E-state index in [1.165, 1.54) is 12.1 Å². The molecule has 2 atom stereocenters. The lowest BCUT2D eigenvalue weighted by atomic mass is 10.1. The van der Waals surface area contributed by atoms with Crippen molar-refractivity contribution in [1.29, 1.82) is 0 Å². The van der Waals surface area contributed by atoms with E-state index in [0.29, 0.717) is 0 Å². The number of carbonyl (C=O) groups excluding carboxylic acids is 1. The lowest BCUT2D eigenvalue weighted by Crippen LogP contribution is -2.40. The fourth-order valence-electron chi connectivity index (χ4n) is 1.85. The zero-order valence-corrected chi connectivity index (χ0v) is 11.9. The standard InChI is InChI=1S/C11H10Cl2FNO3S/c12-6-1-2-9(14)7(3-6)11(16)15-10-5-19(17,18)4-8(10)13/h1-3,8,10H,4-5H2,(H,15,16). The van der Waals surface area contributed by atoms with E-state index in [-0.39, 0.29) is 22.1 Å². The van der Waals surface area contributed by atoms with Gasteiger partial charge in [-0.1, -0.05) is 11.6 Å². The van der Waals surface area contributed by atoms with E-state index < -0.39 is 33.0 Å². The lowest BCUT2D eigenvalue weighted by Gasteiger charge is -2.14. The molecule has 1 N–H and O–H groups in total. The van der Waals surface area contributed by atoms with Gasteiger partial charge >= 0.3 is 0 Å². The number of nitrogens with one attached hydrogen (secondary N) is 1. The molecular formula is C11H10Cl2FNO3S. The molecule has 19 heavy (non-hydrogen) atoms. The smallest absolute Gasteiger partial charge is 0.254 e. The predicted molar refractivity (Wildman–Crippen MR) is 71.0 cm³/mol. The molecule has 0 bridgehead atoms. The Morgan fingerprint density at radius 2 is 2.05 bits per heavy atom. The number of alkyl halides is 1. The van der Waals surface area contributed by atoms with E-state index in [0.717, 1.165) is 6.07 Å². The van der Waals surface area contributed by atoms with E-state index in [2.05, 4.69) is 5.32 Å². The summed E-state index contributed by atoms with van der Waals surface area (Å²) in [4.78, 5) is 11.9. The molecule has 1 aliphatic heterocycles. The van der Waals surface area contributed by atoms with Gasteiger partial charge in [0, 0.05) is 5.02 Å². The van der Waals surface area contributed by atoms with Gasteiger partial charge in [-0.2, -0.15) is 0 Å². The van der Waals surface area contributed by atoms with Crippen molar-refractivity contribution in [3.05, 3.63) is 34.6 Å². The Kier molecular flexibility index (Phi) is 4.03. The van der Waals surface area contributed by atoms with Crippen LogP contribution in [0.4, 0.5) is 4.39 Å². The molecule has 1 amide bonds. The van der Waals surface area contributed by atoms with Crippen LogP contribution in [0.1, 0.15) is 10.4 Å². The summed E-state index contributed by atoms with van der Waals surface area (Å²) in [5.74, 6) is -1.89. The van der Waals surface area contributed by atoms with Crippen LogP contribution in [0.15, 0.2) is 18.2 Å². The van der Waals surface area contributed by atoms with E-state index in [1.807, 2.05) is 0 Å². The van der Waals surface area contributed by atoms with Crippen LogP contribution in [0.5, 0.6) is 0 Å². The van der Waals surface area contributed by atoms with E-state index in [1.54, 1.807) is 0 Å². The van der Waals surface area contributed by atoms with Crippen LogP contribution < -0.4 is 5.32 Å². The van der Waals surface area contributed by atoms with Crippen molar-refractivity contribution in [3.63, 3.8) is 0 Å². The zero-order valence-electron chi connectivity index (χ0n) is 9.57. The monoisotopic (exact) mass is 325 g/mol. The highest BCUT2D eigenvalue weighted by Crippen LogP contribution is 2.20. The number of rotatable bonds is 2. The van der Waals surface area contributed by atoms with Crippen LogP contribution in [-0.2, 0) is 9.84 Å². The number of halogens is 3. The number of hydrogen-bond donors (Lipinski definition) is 1. The Morgan fingerprint density at radius 3 is 2.63 bits per heavy atom. The molecule has 1 aromatic carbocycles. The van der Waals surface area contributed by atoms with Gasteiger partial charge in [0.05, 0.1) is 28.5 Å². The summed E-state index contributed by atoms with van der Waals surface area (Å²) >= 11 is 11.5. The highest BCUT2D eigenvalue weighted by Gasteiger charge is 2.37. The average molecular weight is 326 g/mol. The van der Waals surface area contributed by atoms with Gasteiger partial charge in [-0.05, 0) is 18.2 Å². The summed E-state index contributed by atoms with van der Waals surface area (Å²) < 4.78 is 36.2. The fourth-order valence-corrected chi connectivity index (χ4v) is 4.58. The fraction of sp³-hybridized carbons (Fsp3) is 0.364. The van der Waals surface area contributed by atoms with E-state index >= 15 is 0 Å². The normalized spacial score (nSPS) is 25.2. The van der Waals surface area contributed by atoms with Crippen molar-refractivity contribution < 1.29 is 17.6 Å². The van der Waals surface area contributed by atoms with Gasteiger partial charge in [0.25, 0.3) is 5.91 Å². The van der Waals surface area contributed by atoms with Gasteiger partial charge in [0.1, 0.15) is 5.82 Å². The van der Waals surface area contributed by atoms with Crippen LogP contribution in [0, 0.1) is 5.82 Å². The Balaban J connectivity index is 2.16. The van der Waals surface area contributed by atoms with Crippen LogP contribution in [0.2, 0.25) is 5.02 Å². The molecule has 2 rings (SSSR count). The first-order chi connectivity index (χ1) is 8.78. The SMILES string of the molecule is O=C(NC1CS(=O)(=O)CC1Cl)c1cc(Cl)ccc1F. The minimum Gasteiger partial charge on any atom is -0.347 e. The number of amides is 1. The van der Waals surface area contributed by atoms with Gasteiger partial charge in [-0.15, -0.1) is 11.6 Å². The van der Waals surface area contributed by atoms with Gasteiger partial charge in [-0.25, -0.2) is 12.8 Å². The molecule has 2 unspecified atom stereocenters. The Labute approximate surface area is 119 Å². The molecule has 1 saturated heterocycles. The molecule has 0 saturated carbocycles. The Morgan fingerprint density at radius 1 is 1.37 bits per heavy atom. The third-order valence-corrected chi connectivity index (χ3v) is 5.38. The maximum atomic E-state index is 13.5. The van der Waals surface area contributed by atoms with Crippen molar-refractivity contribution in [2.75, 3.05) is 11.5 Å². The molecule has 0 radical (unpaired) electrons. The molecule has 0 spiro atoms. The van der Waals surface area contributed by atoms with Gasteiger partial charge in [0.2, 0.25) is 0 Å². The second kappa shape index (κ2) is 5.26. The number of carbonyl (C=O) groups is 1. The second-order valence-electron chi connectivity index (χ2n) is 4.30. The zero-order chi connectivity index (χ0) is 14.2. The van der Waals surface area contributed by atoms with Crippen LogP contribution in [0.25, 0.3) is 0 Å². The molecule has 0 aliphatic carbocycles. The molecule has 1 aromatic rings. The van der Waals surface area contributed by atoms with Crippen molar-refractivity contribution in [3.8, 4) is 0 Å². The van der Waals surface area contributed by atoms with Gasteiger partial charge < -0.3 is 5.32 Å². The molecule has 1 heterocycles. The summed E-state index contributed by atoms with van der Waals surface area (Å²) in [6.07, 6.45) is 0. The summed E-state index contributed by atoms with van der Waals surface area (Å²) in [5, 5.41) is 1.92. The number of hydrogen-bond acceptors (Lipinski definition) is 3. The minimum atomic E-state index is -3.26. The topological polar surface area (TPSA) is 63.2 Å². The van der Waals surface area contributed by atoms with Crippen molar-refractivity contribution in [2.45, 2.75) is 11.4 Å². The van der Waals surface area contributed by atoms with Crippen molar-refractivity contribution in [1.82, 2.24) is 5.32 Å². The summed E-state index contributed by atoms with van der Waals surface area (Å²) in [5.41, 5.74) is -0.235. The van der Waals surface area contributed by atoms with Crippen LogP contribution in [0.3, 0.4) is 0 Å². The largest absolute Gasteiger partial charge is 0.347 e. The van der Waals surface area contributed by atoms with Crippen molar-refractivity contribution >= 4 is 38.9 Å². The summed E-state index contributed by atoms with van der Waals surface area (Å²) in [6.45, 7) is 0. The number of sulfone groups is 1. The van der Waals surface area contributed by atoms with Crippen LogP contribution in [-0.4, -0.2) is 37.2 Å². The molecule has 1 fully saturated rings. The average Bonchev–Trinajstić information content (AvgIpc) is 2.55. The first kappa shape index (κ1) is 14.6. The molecule has 4 nitrogen and oxygen atoms in total. The Hall–Kier alpha value is -0.850. The third-order valence-electron chi connectivity index (χ3n) is 2.77. The second-order valence-corrected chi connectivity index (χ2v) is 7.45. The highest BCUT2D eigenvalue weighted by atomic mass is 35.5. The highest BCUT2D eigenvalue weighted by molar-refractivity contribution is 7.91. The number of benzene rings is 1. The first-order valence-electron chi connectivity index (χ1n) is 5.39.